The van der Waals surface area contributed by atoms with Crippen molar-refractivity contribution in [1.29, 1.82) is 0 Å². The Morgan fingerprint density at radius 2 is 1.39 bits per heavy atom. The summed E-state index contributed by atoms with van der Waals surface area (Å²) in [6, 6.07) is 3.84. The number of hydrogen-bond acceptors (Lipinski definition) is 1. The van der Waals surface area contributed by atoms with E-state index in [1.54, 1.807) is 0 Å². The van der Waals surface area contributed by atoms with Crippen LogP contribution in [0.2, 0.25) is 5.02 Å². The molecular weight excluding hydrogens is 516 g/mol. The van der Waals surface area contributed by atoms with E-state index in [0.29, 0.717) is 24.1 Å². The van der Waals surface area contributed by atoms with E-state index in [-0.39, 0.29) is 22.7 Å². The Bertz CT molecular complexity index is 1270. The number of unbranched alkanes of at least 4 members (excludes halogenated alkanes) is 2. The quantitative estimate of drug-likeness (QED) is 0.128. The molecule has 0 aliphatic heterocycles. The summed E-state index contributed by atoms with van der Waals surface area (Å²) >= 11 is 6.09. The van der Waals surface area contributed by atoms with Crippen LogP contribution in [0.5, 0.6) is 5.75 Å². The van der Waals surface area contributed by atoms with Gasteiger partial charge in [-0.05, 0) is 42.7 Å². The van der Waals surface area contributed by atoms with E-state index in [4.69, 9.17) is 11.6 Å². The third kappa shape index (κ3) is 6.30. The Balaban J connectivity index is 1.88. The number of rotatable bonds is 7. The maximum absolute atomic E-state index is 14.5. The number of ether oxygens (including phenoxy) is 1. The van der Waals surface area contributed by atoms with Gasteiger partial charge in [-0.3, -0.25) is 0 Å². The van der Waals surface area contributed by atoms with Crippen molar-refractivity contribution in [3.05, 3.63) is 98.6 Å². The first-order valence-corrected chi connectivity index (χ1v) is 11.0. The molecule has 190 valence electrons. The van der Waals surface area contributed by atoms with Crippen LogP contribution in [0, 0.1) is 46.7 Å². The molecule has 0 aliphatic carbocycles. The number of benzene rings is 3. The van der Waals surface area contributed by atoms with Crippen LogP contribution < -0.4 is 4.74 Å². The molecule has 0 N–H and O–H groups in total. The van der Waals surface area contributed by atoms with Gasteiger partial charge in [0.15, 0.2) is 17.5 Å². The molecule has 3 aromatic rings. The first-order chi connectivity index (χ1) is 16.9. The van der Waals surface area contributed by atoms with E-state index >= 15 is 0 Å². The van der Waals surface area contributed by atoms with Crippen molar-refractivity contribution in [2.24, 2.45) is 0 Å². The predicted octanol–water partition coefficient (Wildman–Crippen LogP) is 8.44. The molecule has 1 nitrogen and oxygen atoms in total. The molecule has 0 unspecified atom stereocenters. The van der Waals surface area contributed by atoms with Gasteiger partial charge < -0.3 is 4.74 Å². The highest BCUT2D eigenvalue weighted by atomic mass is 35.5. The minimum absolute atomic E-state index is 0.0229. The lowest BCUT2D eigenvalue weighted by Crippen LogP contribution is -2.25. The van der Waals surface area contributed by atoms with Crippen molar-refractivity contribution in [1.82, 2.24) is 0 Å². The molecule has 3 aromatic carbocycles. The highest BCUT2D eigenvalue weighted by molar-refractivity contribution is 6.31. The van der Waals surface area contributed by atoms with Crippen molar-refractivity contribution in [2.45, 2.75) is 38.7 Å². The second kappa shape index (κ2) is 11.2. The van der Waals surface area contributed by atoms with Crippen LogP contribution in [0.25, 0.3) is 0 Å². The summed E-state index contributed by atoms with van der Waals surface area (Å²) in [6.07, 6.45) is -1.37. The van der Waals surface area contributed by atoms with Crippen LogP contribution in [0.1, 0.15) is 48.4 Å². The van der Waals surface area contributed by atoms with Gasteiger partial charge in [-0.2, -0.15) is 8.78 Å². The summed E-state index contributed by atoms with van der Waals surface area (Å²) in [4.78, 5) is 0. The van der Waals surface area contributed by atoms with Gasteiger partial charge in [0, 0.05) is 17.7 Å². The van der Waals surface area contributed by atoms with Gasteiger partial charge in [0.2, 0.25) is 0 Å². The van der Waals surface area contributed by atoms with Crippen molar-refractivity contribution >= 4 is 11.6 Å². The standard InChI is InChI=1S/C26H17ClF8O/c1-2-3-4-5-14-8-18(27)17(19(28)9-14)7-6-15-10-20(29)24(21(30)11-15)26(34,35)36-16-12-22(31)25(33)23(32)13-16/h8-13H,2-5H2,1H3. The molecule has 0 aliphatic rings. The molecule has 0 saturated carbocycles. The van der Waals surface area contributed by atoms with Gasteiger partial charge in [0.05, 0.1) is 10.6 Å². The summed E-state index contributed by atoms with van der Waals surface area (Å²) in [5, 5.41) is -0.0229. The fourth-order valence-electron chi connectivity index (χ4n) is 3.32. The highest BCUT2D eigenvalue weighted by Crippen LogP contribution is 2.36. The zero-order chi connectivity index (χ0) is 26.6. The summed E-state index contributed by atoms with van der Waals surface area (Å²) in [5.74, 6) is -6.58. The largest absolute Gasteiger partial charge is 0.432 e. The van der Waals surface area contributed by atoms with Crippen LogP contribution in [0.3, 0.4) is 0 Å². The van der Waals surface area contributed by atoms with E-state index in [9.17, 15) is 35.1 Å². The zero-order valence-electron chi connectivity index (χ0n) is 18.6. The molecule has 0 bridgehead atoms. The maximum atomic E-state index is 14.5. The smallest absolute Gasteiger partial charge is 0.429 e. The first kappa shape index (κ1) is 27.3. The summed E-state index contributed by atoms with van der Waals surface area (Å²) in [6.45, 7) is 2.02. The lowest BCUT2D eigenvalue weighted by molar-refractivity contribution is -0.189. The van der Waals surface area contributed by atoms with Gasteiger partial charge in [-0.15, -0.1) is 0 Å². The second-order valence-corrected chi connectivity index (χ2v) is 8.18. The minimum atomic E-state index is -4.74. The molecule has 3 rings (SSSR count). The molecule has 0 aromatic heterocycles. The van der Waals surface area contributed by atoms with Crippen LogP contribution in [0.15, 0.2) is 36.4 Å². The average molecular weight is 533 g/mol. The molecule has 0 radical (unpaired) electrons. The highest BCUT2D eigenvalue weighted by Gasteiger charge is 2.41. The average Bonchev–Trinajstić information content (AvgIpc) is 2.76. The molecule has 0 fully saturated rings. The number of aryl methyl sites for hydroxylation is 1. The van der Waals surface area contributed by atoms with Gasteiger partial charge in [0.1, 0.15) is 28.8 Å². The van der Waals surface area contributed by atoms with Crippen molar-refractivity contribution in [3.8, 4) is 17.6 Å². The SMILES string of the molecule is CCCCCc1cc(F)c(C#Cc2cc(F)c(C(F)(F)Oc3cc(F)c(F)c(F)c3)c(F)c2)c(Cl)c1. The molecule has 0 spiro atoms. The maximum Gasteiger partial charge on any atom is 0.432 e. The molecule has 10 heteroatoms. The monoisotopic (exact) mass is 532 g/mol. The Kier molecular flexibility index (Phi) is 8.51. The van der Waals surface area contributed by atoms with Crippen molar-refractivity contribution in [3.63, 3.8) is 0 Å². The minimum Gasteiger partial charge on any atom is -0.429 e. The van der Waals surface area contributed by atoms with Crippen molar-refractivity contribution in [2.75, 3.05) is 0 Å². The van der Waals surface area contributed by atoms with E-state index in [0.717, 1.165) is 19.3 Å². The van der Waals surface area contributed by atoms with E-state index in [1.807, 2.05) is 6.92 Å². The van der Waals surface area contributed by atoms with E-state index < -0.39 is 57.9 Å². The molecular formula is C26H17ClF8O. The van der Waals surface area contributed by atoms with Crippen LogP contribution in [-0.2, 0) is 12.5 Å². The third-order valence-electron chi connectivity index (χ3n) is 5.04. The van der Waals surface area contributed by atoms with Gasteiger partial charge in [0.25, 0.3) is 0 Å². The van der Waals surface area contributed by atoms with Crippen LogP contribution in [-0.4, -0.2) is 0 Å². The molecule has 36 heavy (non-hydrogen) atoms. The normalized spacial score (nSPS) is 11.3. The van der Waals surface area contributed by atoms with Gasteiger partial charge in [-0.25, -0.2) is 26.3 Å². The Hall–Kier alpha value is -3.25. The van der Waals surface area contributed by atoms with E-state index in [2.05, 4.69) is 16.6 Å². The van der Waals surface area contributed by atoms with Crippen LogP contribution in [0.4, 0.5) is 35.1 Å². The summed E-state index contributed by atoms with van der Waals surface area (Å²) in [7, 11) is 0. The second-order valence-electron chi connectivity index (χ2n) is 7.78. The Morgan fingerprint density at radius 1 is 0.778 bits per heavy atom. The molecule has 0 saturated heterocycles. The van der Waals surface area contributed by atoms with Crippen LogP contribution >= 0.6 is 11.6 Å². The molecule has 0 atom stereocenters. The lowest BCUT2D eigenvalue weighted by atomic mass is 10.0. The molecule has 0 heterocycles. The van der Waals surface area contributed by atoms with Gasteiger partial charge in [-0.1, -0.05) is 43.2 Å². The van der Waals surface area contributed by atoms with Gasteiger partial charge >= 0.3 is 6.11 Å². The lowest BCUT2D eigenvalue weighted by Gasteiger charge is -2.19. The Labute approximate surface area is 206 Å². The Morgan fingerprint density at radius 3 is 1.94 bits per heavy atom. The predicted molar refractivity (Wildman–Crippen MR) is 118 cm³/mol. The first-order valence-electron chi connectivity index (χ1n) is 10.6. The fourth-order valence-corrected chi connectivity index (χ4v) is 3.59. The number of halogens is 9. The summed E-state index contributed by atoms with van der Waals surface area (Å²) < 4.78 is 116. The third-order valence-corrected chi connectivity index (χ3v) is 5.34. The molecule has 0 amide bonds. The zero-order valence-corrected chi connectivity index (χ0v) is 19.4. The fraction of sp³-hybridized carbons (Fsp3) is 0.231. The number of alkyl halides is 2. The topological polar surface area (TPSA) is 9.23 Å². The number of hydrogen-bond donors (Lipinski definition) is 0. The van der Waals surface area contributed by atoms with Crippen molar-refractivity contribution < 1.29 is 39.9 Å². The summed E-state index contributed by atoms with van der Waals surface area (Å²) in [5.41, 5.74) is -1.89. The van der Waals surface area contributed by atoms with E-state index in [1.165, 1.54) is 12.1 Å².